The van der Waals surface area contributed by atoms with Gasteiger partial charge in [0.2, 0.25) is 0 Å². The topological polar surface area (TPSA) is 32.5 Å². The molecule has 0 radical (unpaired) electrons. The summed E-state index contributed by atoms with van der Waals surface area (Å²) >= 11 is 8.68. The van der Waals surface area contributed by atoms with E-state index in [0.717, 1.165) is 23.1 Å². The van der Waals surface area contributed by atoms with Crippen LogP contribution in [0, 0.1) is 0 Å². The minimum absolute atomic E-state index is 0.465. The molecule has 19 heavy (non-hydrogen) atoms. The lowest BCUT2D eigenvalue weighted by Crippen LogP contribution is -2.38. The van der Waals surface area contributed by atoms with Crippen LogP contribution in [0.3, 0.4) is 0 Å². The number of rotatable bonds is 4. The van der Waals surface area contributed by atoms with Crippen molar-refractivity contribution in [2.45, 2.75) is 18.9 Å². The molecule has 2 rings (SSSR count). The van der Waals surface area contributed by atoms with Crippen molar-refractivity contribution in [1.29, 1.82) is 0 Å². The molecule has 1 unspecified atom stereocenters. The van der Waals surface area contributed by atoms with Gasteiger partial charge >= 0.3 is 0 Å². The van der Waals surface area contributed by atoms with Crippen LogP contribution in [0.5, 0.6) is 0 Å². The second kappa shape index (κ2) is 6.20. The number of thiocarbonyl (C=S) groups is 1. The normalized spacial score (nSPS) is 19.2. The van der Waals surface area contributed by atoms with E-state index >= 15 is 0 Å². The van der Waals surface area contributed by atoms with Crippen LogP contribution in [0.4, 0.5) is 5.69 Å². The van der Waals surface area contributed by atoms with E-state index in [4.69, 9.17) is 18.0 Å². The third-order valence-corrected chi connectivity index (χ3v) is 4.20. The van der Waals surface area contributed by atoms with Gasteiger partial charge in [0.25, 0.3) is 0 Å². The van der Waals surface area contributed by atoms with E-state index in [-0.39, 0.29) is 0 Å². The van der Waals surface area contributed by atoms with Crippen LogP contribution >= 0.6 is 28.1 Å². The van der Waals surface area contributed by atoms with E-state index < -0.39 is 0 Å². The Bertz CT molecular complexity index is 476. The first-order chi connectivity index (χ1) is 8.99. The van der Waals surface area contributed by atoms with Gasteiger partial charge in [-0.2, -0.15) is 0 Å². The zero-order chi connectivity index (χ0) is 14.0. The Morgan fingerprint density at radius 3 is 2.89 bits per heavy atom. The zero-order valence-corrected chi connectivity index (χ0v) is 13.8. The summed E-state index contributed by atoms with van der Waals surface area (Å²) in [6, 6.07) is 6.74. The molecule has 0 spiro atoms. The Labute approximate surface area is 128 Å². The number of nitrogens with two attached hydrogens (primary N) is 1. The number of hydrogen-bond donors (Lipinski definition) is 1. The highest BCUT2D eigenvalue weighted by Crippen LogP contribution is 2.31. The molecular weight excluding hydrogens is 322 g/mol. The van der Waals surface area contributed by atoms with Crippen molar-refractivity contribution in [2.75, 3.05) is 32.1 Å². The molecule has 1 aliphatic heterocycles. The molecule has 2 N–H and O–H groups in total. The van der Waals surface area contributed by atoms with Crippen LogP contribution in [0.1, 0.15) is 18.4 Å². The largest absolute Gasteiger partial charge is 0.389 e. The van der Waals surface area contributed by atoms with Crippen LogP contribution in [0.15, 0.2) is 22.7 Å². The lowest BCUT2D eigenvalue weighted by molar-refractivity contribution is 0.372. The maximum atomic E-state index is 5.87. The highest BCUT2D eigenvalue weighted by molar-refractivity contribution is 9.10. The molecule has 0 bridgehead atoms. The standard InChI is InChI=1S/C14H20BrN3S/c1-17(2)9-11-4-3-7-18(11)13-6-5-10(15)8-12(13)14(16)19/h5-6,8,11H,3-4,7,9H2,1-2H3,(H2,16,19). The van der Waals surface area contributed by atoms with Crippen molar-refractivity contribution in [2.24, 2.45) is 5.73 Å². The summed E-state index contributed by atoms with van der Waals surface area (Å²) in [6.07, 6.45) is 2.45. The first kappa shape index (κ1) is 14.8. The van der Waals surface area contributed by atoms with Gasteiger partial charge < -0.3 is 15.5 Å². The smallest absolute Gasteiger partial charge is 0.106 e. The molecule has 0 saturated carbocycles. The van der Waals surface area contributed by atoms with E-state index in [1.165, 1.54) is 18.5 Å². The van der Waals surface area contributed by atoms with Gasteiger partial charge in [0.15, 0.2) is 0 Å². The summed E-state index contributed by atoms with van der Waals surface area (Å²) in [5.41, 5.74) is 8.01. The van der Waals surface area contributed by atoms with Gasteiger partial charge in [0.05, 0.1) is 0 Å². The predicted molar refractivity (Wildman–Crippen MR) is 89.0 cm³/mol. The van der Waals surface area contributed by atoms with Crippen LogP contribution in [0.25, 0.3) is 0 Å². The van der Waals surface area contributed by atoms with E-state index in [0.29, 0.717) is 11.0 Å². The number of anilines is 1. The van der Waals surface area contributed by atoms with Crippen molar-refractivity contribution >= 4 is 38.8 Å². The highest BCUT2D eigenvalue weighted by atomic mass is 79.9. The van der Waals surface area contributed by atoms with Crippen LogP contribution in [-0.2, 0) is 0 Å². The highest BCUT2D eigenvalue weighted by Gasteiger charge is 2.27. The maximum Gasteiger partial charge on any atom is 0.106 e. The van der Waals surface area contributed by atoms with Crippen LogP contribution in [-0.4, -0.2) is 43.1 Å². The average molecular weight is 342 g/mol. The molecule has 1 aromatic carbocycles. The van der Waals surface area contributed by atoms with Crippen molar-refractivity contribution in [1.82, 2.24) is 4.90 Å². The molecule has 1 aromatic rings. The Morgan fingerprint density at radius 2 is 2.26 bits per heavy atom. The minimum Gasteiger partial charge on any atom is -0.389 e. The number of likely N-dealkylation sites (N-methyl/N-ethyl adjacent to an activating group) is 1. The van der Waals surface area contributed by atoms with Gasteiger partial charge in [0.1, 0.15) is 4.99 Å². The quantitative estimate of drug-likeness (QED) is 0.853. The fourth-order valence-electron chi connectivity index (χ4n) is 2.72. The van der Waals surface area contributed by atoms with Gasteiger partial charge in [-0.05, 0) is 45.1 Å². The van der Waals surface area contributed by atoms with Crippen molar-refractivity contribution in [3.05, 3.63) is 28.2 Å². The molecule has 104 valence electrons. The molecule has 1 heterocycles. The maximum absolute atomic E-state index is 5.87. The lowest BCUT2D eigenvalue weighted by atomic mass is 10.1. The first-order valence-corrected chi connectivity index (χ1v) is 7.70. The van der Waals surface area contributed by atoms with Gasteiger partial charge in [-0.1, -0.05) is 28.1 Å². The Hall–Kier alpha value is -0.650. The fourth-order valence-corrected chi connectivity index (χ4v) is 3.24. The number of nitrogens with zero attached hydrogens (tertiary/aromatic N) is 2. The van der Waals surface area contributed by atoms with Crippen LogP contribution < -0.4 is 10.6 Å². The van der Waals surface area contributed by atoms with Crippen molar-refractivity contribution in [3.8, 4) is 0 Å². The van der Waals surface area contributed by atoms with E-state index in [2.05, 4.69) is 52.0 Å². The van der Waals surface area contributed by atoms with E-state index in [1.54, 1.807) is 0 Å². The third-order valence-electron chi connectivity index (χ3n) is 3.49. The second-order valence-electron chi connectivity index (χ2n) is 5.28. The summed E-state index contributed by atoms with van der Waals surface area (Å²) in [4.78, 5) is 5.15. The molecule has 0 aromatic heterocycles. The summed E-state index contributed by atoms with van der Waals surface area (Å²) in [5.74, 6) is 0. The van der Waals surface area contributed by atoms with Crippen molar-refractivity contribution < 1.29 is 0 Å². The van der Waals surface area contributed by atoms with Gasteiger partial charge in [-0.3, -0.25) is 0 Å². The Morgan fingerprint density at radius 1 is 1.53 bits per heavy atom. The molecule has 0 amide bonds. The predicted octanol–water partition coefficient (Wildman–Crippen LogP) is 2.61. The molecule has 5 heteroatoms. The monoisotopic (exact) mass is 341 g/mol. The molecule has 1 atom stereocenters. The molecule has 1 aliphatic rings. The zero-order valence-electron chi connectivity index (χ0n) is 11.4. The minimum atomic E-state index is 0.465. The van der Waals surface area contributed by atoms with Gasteiger partial charge in [-0.15, -0.1) is 0 Å². The summed E-state index contributed by atoms with van der Waals surface area (Å²) < 4.78 is 1.02. The summed E-state index contributed by atoms with van der Waals surface area (Å²) in [7, 11) is 4.24. The molecule has 0 aliphatic carbocycles. The average Bonchev–Trinajstić information content (AvgIpc) is 2.76. The van der Waals surface area contributed by atoms with Gasteiger partial charge in [-0.25, -0.2) is 0 Å². The van der Waals surface area contributed by atoms with Crippen LogP contribution in [0.2, 0.25) is 0 Å². The van der Waals surface area contributed by atoms with E-state index in [1.807, 2.05) is 6.07 Å². The molecule has 3 nitrogen and oxygen atoms in total. The SMILES string of the molecule is CN(C)CC1CCCN1c1ccc(Br)cc1C(N)=S. The Kier molecular flexibility index (Phi) is 4.81. The fraction of sp³-hybridized carbons (Fsp3) is 0.500. The second-order valence-corrected chi connectivity index (χ2v) is 6.63. The summed E-state index contributed by atoms with van der Waals surface area (Å²) in [5, 5.41) is 0. The van der Waals surface area contributed by atoms with E-state index in [9.17, 15) is 0 Å². The van der Waals surface area contributed by atoms with Gasteiger partial charge in [0, 0.05) is 34.9 Å². The molecule has 1 saturated heterocycles. The number of benzene rings is 1. The number of halogens is 1. The third kappa shape index (κ3) is 3.46. The number of hydrogen-bond acceptors (Lipinski definition) is 3. The molecule has 1 fully saturated rings. The first-order valence-electron chi connectivity index (χ1n) is 6.50. The lowest BCUT2D eigenvalue weighted by Gasteiger charge is -2.30. The molecular formula is C14H20BrN3S. The Balaban J connectivity index is 2.32. The van der Waals surface area contributed by atoms with Crippen molar-refractivity contribution in [3.63, 3.8) is 0 Å². The summed E-state index contributed by atoms with van der Waals surface area (Å²) in [6.45, 7) is 2.14.